The number of nitrogens with one attached hydrogen (secondary N) is 1. The molecule has 0 fully saturated rings. The van der Waals surface area contributed by atoms with E-state index in [2.05, 4.69) is 64.0 Å². The zero-order valence-corrected chi connectivity index (χ0v) is 15.9. The minimum Gasteiger partial charge on any atom is -0.304 e. The summed E-state index contributed by atoms with van der Waals surface area (Å²) < 4.78 is 2.24. The van der Waals surface area contributed by atoms with Gasteiger partial charge in [0.05, 0.1) is 15.5 Å². The van der Waals surface area contributed by atoms with Gasteiger partial charge >= 0.3 is 0 Å². The number of aryl methyl sites for hydroxylation is 2. The summed E-state index contributed by atoms with van der Waals surface area (Å²) in [4.78, 5) is 7.41. The molecular weight excluding hydrogens is 408 g/mol. The smallest absolute Gasteiger partial charge is 0.115 e. The van der Waals surface area contributed by atoms with Gasteiger partial charge in [0.15, 0.2) is 0 Å². The number of thiophene rings is 1. The molecule has 1 N–H and O–H groups in total. The predicted octanol–water partition coefficient (Wildman–Crippen LogP) is 5.30. The number of aromatic nitrogens is 1. The Kier molecular flexibility index (Phi) is 5.60. The minimum absolute atomic E-state index is 0.196. The third-order valence-corrected chi connectivity index (χ3v) is 7.25. The summed E-state index contributed by atoms with van der Waals surface area (Å²) >= 11 is 10.7. The Morgan fingerprint density at radius 1 is 1.32 bits per heavy atom. The van der Waals surface area contributed by atoms with Crippen LogP contribution in [0.1, 0.15) is 40.3 Å². The summed E-state index contributed by atoms with van der Waals surface area (Å²) in [5.74, 6) is 0. The standard InChI is InChI=1S/C13H16Br2N2S2/c1-4-9-7(3)18-13(17-9)11(16-5-2)10-6-8(14)12(15)19-10/h6,11,16H,4-5H2,1-3H3. The highest BCUT2D eigenvalue weighted by Crippen LogP contribution is 2.38. The second-order valence-electron chi connectivity index (χ2n) is 4.17. The van der Waals surface area contributed by atoms with E-state index in [-0.39, 0.29) is 6.04 Å². The SMILES string of the molecule is CCNC(c1cc(Br)c(Br)s1)c1nc(CC)c(C)s1. The van der Waals surface area contributed by atoms with E-state index in [1.807, 2.05) is 0 Å². The predicted molar refractivity (Wildman–Crippen MR) is 91.5 cm³/mol. The molecular formula is C13H16Br2N2S2. The van der Waals surface area contributed by atoms with Crippen LogP contribution in [0.3, 0.4) is 0 Å². The van der Waals surface area contributed by atoms with Gasteiger partial charge in [-0.15, -0.1) is 22.7 Å². The lowest BCUT2D eigenvalue weighted by Gasteiger charge is -2.13. The van der Waals surface area contributed by atoms with Crippen LogP contribution < -0.4 is 5.32 Å². The Morgan fingerprint density at radius 2 is 2.05 bits per heavy atom. The lowest BCUT2D eigenvalue weighted by Crippen LogP contribution is -2.20. The Bertz CT molecular complexity index is 543. The molecule has 0 amide bonds. The highest BCUT2D eigenvalue weighted by atomic mass is 79.9. The van der Waals surface area contributed by atoms with E-state index in [0.717, 1.165) is 26.2 Å². The fourth-order valence-corrected chi connectivity index (χ4v) is 5.27. The molecule has 0 saturated carbocycles. The molecule has 0 radical (unpaired) electrons. The van der Waals surface area contributed by atoms with Crippen molar-refractivity contribution in [1.82, 2.24) is 10.3 Å². The maximum absolute atomic E-state index is 4.79. The molecule has 2 nitrogen and oxygen atoms in total. The molecule has 0 aromatic carbocycles. The summed E-state index contributed by atoms with van der Waals surface area (Å²) in [7, 11) is 0. The summed E-state index contributed by atoms with van der Waals surface area (Å²) in [6.07, 6.45) is 0.999. The van der Waals surface area contributed by atoms with E-state index in [4.69, 9.17) is 4.98 Å². The Hall–Kier alpha value is 0.250. The number of rotatable bonds is 5. The van der Waals surface area contributed by atoms with Crippen LogP contribution in [-0.2, 0) is 6.42 Å². The van der Waals surface area contributed by atoms with Gasteiger partial charge in [-0.3, -0.25) is 0 Å². The van der Waals surface area contributed by atoms with Crippen LogP contribution in [0.15, 0.2) is 14.3 Å². The first-order valence-corrected chi connectivity index (χ1v) is 9.43. The van der Waals surface area contributed by atoms with Crippen LogP contribution in [0.4, 0.5) is 0 Å². The molecule has 6 heteroatoms. The highest BCUT2D eigenvalue weighted by molar-refractivity contribution is 9.13. The molecule has 2 heterocycles. The molecule has 2 rings (SSSR count). The van der Waals surface area contributed by atoms with Crippen molar-refractivity contribution in [3.8, 4) is 0 Å². The first-order chi connectivity index (χ1) is 9.06. The van der Waals surface area contributed by atoms with Crippen molar-refractivity contribution < 1.29 is 0 Å². The molecule has 2 aromatic heterocycles. The van der Waals surface area contributed by atoms with Gasteiger partial charge in [-0.05, 0) is 57.8 Å². The van der Waals surface area contributed by atoms with Gasteiger partial charge in [-0.1, -0.05) is 13.8 Å². The van der Waals surface area contributed by atoms with Gasteiger partial charge in [0.1, 0.15) is 5.01 Å². The van der Waals surface area contributed by atoms with Crippen molar-refractivity contribution in [3.05, 3.63) is 34.8 Å². The number of halogens is 2. The monoisotopic (exact) mass is 422 g/mol. The molecule has 1 unspecified atom stereocenters. The van der Waals surface area contributed by atoms with E-state index in [1.165, 1.54) is 15.4 Å². The third-order valence-electron chi connectivity index (χ3n) is 2.85. The van der Waals surface area contributed by atoms with Crippen molar-refractivity contribution >= 4 is 54.5 Å². The number of nitrogens with zero attached hydrogens (tertiary/aromatic N) is 1. The molecule has 2 aromatic rings. The molecule has 1 atom stereocenters. The zero-order valence-electron chi connectivity index (χ0n) is 11.1. The van der Waals surface area contributed by atoms with E-state index >= 15 is 0 Å². The van der Waals surface area contributed by atoms with Crippen LogP contribution >= 0.6 is 54.5 Å². The fraction of sp³-hybridized carbons (Fsp3) is 0.462. The Labute approximate surface area is 138 Å². The van der Waals surface area contributed by atoms with Crippen LogP contribution in [0, 0.1) is 6.92 Å². The van der Waals surface area contributed by atoms with Gasteiger partial charge in [0.25, 0.3) is 0 Å². The normalized spacial score (nSPS) is 12.9. The zero-order chi connectivity index (χ0) is 14.0. The first-order valence-electron chi connectivity index (χ1n) is 6.21. The fourth-order valence-electron chi connectivity index (χ4n) is 1.92. The average molecular weight is 424 g/mol. The molecule has 0 saturated heterocycles. The van der Waals surface area contributed by atoms with Crippen LogP contribution in [0.5, 0.6) is 0 Å². The number of thiazole rings is 1. The van der Waals surface area contributed by atoms with Crippen molar-refractivity contribution in [3.63, 3.8) is 0 Å². The second-order valence-corrected chi connectivity index (χ2v) is 8.66. The molecule has 0 bridgehead atoms. The van der Waals surface area contributed by atoms with Crippen LogP contribution in [-0.4, -0.2) is 11.5 Å². The summed E-state index contributed by atoms with van der Waals surface area (Å²) in [6, 6.07) is 2.37. The van der Waals surface area contributed by atoms with E-state index in [9.17, 15) is 0 Å². The quantitative estimate of drug-likeness (QED) is 0.705. The van der Waals surface area contributed by atoms with Crippen molar-refractivity contribution in [1.29, 1.82) is 0 Å². The maximum Gasteiger partial charge on any atom is 0.115 e. The van der Waals surface area contributed by atoms with Crippen molar-refractivity contribution in [2.45, 2.75) is 33.2 Å². The van der Waals surface area contributed by atoms with Gasteiger partial charge in [-0.2, -0.15) is 0 Å². The van der Waals surface area contributed by atoms with E-state index < -0.39 is 0 Å². The topological polar surface area (TPSA) is 24.9 Å². The molecule has 0 aliphatic carbocycles. The van der Waals surface area contributed by atoms with Gasteiger partial charge in [0.2, 0.25) is 0 Å². The van der Waals surface area contributed by atoms with Gasteiger partial charge in [0, 0.05) is 14.2 Å². The maximum atomic E-state index is 4.79. The summed E-state index contributed by atoms with van der Waals surface area (Å²) in [5.41, 5.74) is 1.22. The lowest BCUT2D eigenvalue weighted by atomic mass is 10.2. The Morgan fingerprint density at radius 3 is 2.53 bits per heavy atom. The largest absolute Gasteiger partial charge is 0.304 e. The number of hydrogen-bond donors (Lipinski definition) is 1. The lowest BCUT2D eigenvalue weighted by molar-refractivity contribution is 0.634. The van der Waals surface area contributed by atoms with E-state index in [0.29, 0.717) is 0 Å². The van der Waals surface area contributed by atoms with E-state index in [1.54, 1.807) is 22.7 Å². The molecule has 0 spiro atoms. The highest BCUT2D eigenvalue weighted by Gasteiger charge is 2.21. The van der Waals surface area contributed by atoms with Gasteiger partial charge < -0.3 is 5.32 Å². The minimum atomic E-state index is 0.196. The molecule has 19 heavy (non-hydrogen) atoms. The number of hydrogen-bond acceptors (Lipinski definition) is 4. The summed E-state index contributed by atoms with van der Waals surface area (Å²) in [5, 5.41) is 4.70. The van der Waals surface area contributed by atoms with Crippen molar-refractivity contribution in [2.24, 2.45) is 0 Å². The second kappa shape index (κ2) is 6.80. The van der Waals surface area contributed by atoms with Crippen LogP contribution in [0.25, 0.3) is 0 Å². The van der Waals surface area contributed by atoms with Crippen LogP contribution in [0.2, 0.25) is 0 Å². The molecule has 0 aliphatic rings. The average Bonchev–Trinajstić information content (AvgIpc) is 2.90. The van der Waals surface area contributed by atoms with Crippen molar-refractivity contribution in [2.75, 3.05) is 6.54 Å². The first kappa shape index (κ1) is 15.6. The third kappa shape index (κ3) is 3.47. The Balaban J connectivity index is 2.38. The molecule has 0 aliphatic heterocycles. The summed E-state index contributed by atoms with van der Waals surface area (Å²) in [6.45, 7) is 7.37. The van der Waals surface area contributed by atoms with Gasteiger partial charge in [-0.25, -0.2) is 4.98 Å². The molecule has 104 valence electrons.